The molecule has 0 aromatic heterocycles. The highest BCUT2D eigenvalue weighted by Gasteiger charge is 2.46. The first kappa shape index (κ1) is 21.1. The fourth-order valence-electron chi connectivity index (χ4n) is 4.39. The first-order chi connectivity index (χ1) is 14.9. The van der Waals surface area contributed by atoms with Gasteiger partial charge in [-0.3, -0.25) is 9.59 Å². The first-order valence-electron chi connectivity index (χ1n) is 10.7. The molecule has 1 amide bonds. The zero-order valence-corrected chi connectivity index (χ0v) is 17.7. The molecule has 2 atom stereocenters. The van der Waals surface area contributed by atoms with Crippen LogP contribution in [0, 0.1) is 5.82 Å². The average molecular weight is 423 g/mol. The average Bonchev–Trinajstić information content (AvgIpc) is 3.24. The van der Waals surface area contributed by atoms with Crippen LogP contribution in [-0.4, -0.2) is 34.3 Å². The first-order valence-corrected chi connectivity index (χ1v) is 10.7. The van der Waals surface area contributed by atoms with Crippen LogP contribution in [0.4, 0.5) is 4.39 Å². The number of rotatable bonds is 6. The largest absolute Gasteiger partial charge is 0.507 e. The van der Waals surface area contributed by atoms with Gasteiger partial charge in [0.1, 0.15) is 23.4 Å². The second-order valence-electron chi connectivity index (χ2n) is 8.18. The predicted octanol–water partition coefficient (Wildman–Crippen LogP) is 4.76. The molecule has 1 N–H and O–H groups in total. The van der Waals surface area contributed by atoms with Crippen molar-refractivity contribution in [1.29, 1.82) is 0 Å². The molecule has 1 saturated heterocycles. The highest BCUT2D eigenvalue weighted by atomic mass is 19.1. The fourth-order valence-corrected chi connectivity index (χ4v) is 4.39. The third kappa shape index (κ3) is 3.82. The van der Waals surface area contributed by atoms with Gasteiger partial charge in [-0.1, -0.05) is 38.0 Å². The van der Waals surface area contributed by atoms with Gasteiger partial charge in [0, 0.05) is 24.1 Å². The van der Waals surface area contributed by atoms with Gasteiger partial charge in [0.25, 0.3) is 11.7 Å². The molecule has 0 radical (unpaired) electrons. The number of aliphatic hydroxyl groups excluding tert-OH is 1. The van der Waals surface area contributed by atoms with E-state index < -0.39 is 23.5 Å². The molecule has 31 heavy (non-hydrogen) atoms. The highest BCUT2D eigenvalue weighted by Crippen LogP contribution is 2.41. The minimum absolute atomic E-state index is 0.0370. The van der Waals surface area contributed by atoms with Gasteiger partial charge in [-0.25, -0.2) is 4.39 Å². The monoisotopic (exact) mass is 423 g/mol. The number of ketones is 1. The number of ether oxygens (including phenoxy) is 1. The molecular weight excluding hydrogens is 397 g/mol. The summed E-state index contributed by atoms with van der Waals surface area (Å²) in [6, 6.07) is 10.3. The summed E-state index contributed by atoms with van der Waals surface area (Å²) >= 11 is 0. The molecule has 162 valence electrons. The number of nitrogens with zero attached hydrogens (tertiary/aromatic N) is 1. The molecule has 2 unspecified atom stereocenters. The predicted molar refractivity (Wildman–Crippen MR) is 115 cm³/mol. The molecule has 0 bridgehead atoms. The number of fused-ring (bicyclic) bond motifs is 1. The third-order valence-electron chi connectivity index (χ3n) is 5.91. The van der Waals surface area contributed by atoms with Gasteiger partial charge in [-0.2, -0.15) is 0 Å². The number of hydrogen-bond acceptors (Lipinski definition) is 4. The summed E-state index contributed by atoms with van der Waals surface area (Å²) in [5.41, 5.74) is 1.48. The molecule has 0 aliphatic carbocycles. The number of carbonyl (C=O) groups is 2. The lowest BCUT2D eigenvalue weighted by Crippen LogP contribution is -2.31. The van der Waals surface area contributed by atoms with Gasteiger partial charge >= 0.3 is 0 Å². The van der Waals surface area contributed by atoms with E-state index in [1.165, 1.54) is 11.0 Å². The molecular formula is C25H26FNO4. The van der Waals surface area contributed by atoms with Crippen LogP contribution in [-0.2, 0) is 16.0 Å². The molecule has 6 heteroatoms. The van der Waals surface area contributed by atoms with Crippen LogP contribution in [0.25, 0.3) is 5.76 Å². The van der Waals surface area contributed by atoms with Crippen molar-refractivity contribution in [2.45, 2.75) is 51.7 Å². The number of aliphatic hydroxyl groups is 1. The van der Waals surface area contributed by atoms with Crippen LogP contribution in [0.2, 0.25) is 0 Å². The number of amides is 1. The van der Waals surface area contributed by atoms with E-state index in [4.69, 9.17) is 4.74 Å². The van der Waals surface area contributed by atoms with Gasteiger partial charge in [-0.05, 0) is 43.2 Å². The summed E-state index contributed by atoms with van der Waals surface area (Å²) in [4.78, 5) is 27.2. The lowest BCUT2D eigenvalue weighted by atomic mass is 9.94. The van der Waals surface area contributed by atoms with Gasteiger partial charge in [0.05, 0.1) is 11.6 Å². The molecule has 5 nitrogen and oxygen atoms in total. The molecule has 2 aromatic carbocycles. The maximum absolute atomic E-state index is 14.7. The Bertz CT molecular complexity index is 1060. The fraction of sp³-hybridized carbons (Fsp3) is 0.360. The summed E-state index contributed by atoms with van der Waals surface area (Å²) in [5.74, 6) is -1.55. The Balaban J connectivity index is 1.82. The molecule has 2 aliphatic rings. The number of benzene rings is 2. The Kier molecular flexibility index (Phi) is 5.81. The normalized spacial score (nSPS) is 22.0. The van der Waals surface area contributed by atoms with Crippen LogP contribution in [0.1, 0.15) is 55.8 Å². The van der Waals surface area contributed by atoms with E-state index in [9.17, 15) is 19.1 Å². The number of unbranched alkanes of at least 4 members (excludes halogenated alkanes) is 2. The van der Waals surface area contributed by atoms with E-state index in [0.29, 0.717) is 24.9 Å². The highest BCUT2D eigenvalue weighted by molar-refractivity contribution is 6.46. The van der Waals surface area contributed by atoms with Crippen molar-refractivity contribution in [3.05, 3.63) is 70.5 Å². The Hall–Kier alpha value is -3.15. The molecule has 1 fully saturated rings. The molecule has 2 aromatic rings. The lowest BCUT2D eigenvalue weighted by molar-refractivity contribution is -0.139. The standard InChI is InChI=1S/C25H26FNO4/c1-3-4-7-12-27-22(18-8-5-6-9-19(18)26)21(24(29)25(27)30)23(28)16-10-11-20-17(14-16)13-15(2)31-20/h5-6,8-11,14-15,22,28H,3-4,7,12-13H2,1-2H3/b23-21+. The minimum atomic E-state index is -0.957. The molecule has 2 aliphatic heterocycles. The van der Waals surface area contributed by atoms with Crippen molar-refractivity contribution in [3.63, 3.8) is 0 Å². The van der Waals surface area contributed by atoms with Crippen LogP contribution in [0.15, 0.2) is 48.0 Å². The summed E-state index contributed by atoms with van der Waals surface area (Å²) in [6.07, 6.45) is 3.26. The minimum Gasteiger partial charge on any atom is -0.507 e. The van der Waals surface area contributed by atoms with Crippen LogP contribution >= 0.6 is 0 Å². The van der Waals surface area contributed by atoms with Crippen molar-refractivity contribution < 1.29 is 23.8 Å². The second kappa shape index (κ2) is 8.53. The van der Waals surface area contributed by atoms with E-state index in [1.54, 1.807) is 36.4 Å². The summed E-state index contributed by atoms with van der Waals surface area (Å²) in [5, 5.41) is 11.1. The van der Waals surface area contributed by atoms with Gasteiger partial charge in [0.15, 0.2) is 0 Å². The third-order valence-corrected chi connectivity index (χ3v) is 5.91. The zero-order valence-electron chi connectivity index (χ0n) is 17.7. The summed E-state index contributed by atoms with van der Waals surface area (Å²) in [7, 11) is 0. The Morgan fingerprint density at radius 1 is 1.19 bits per heavy atom. The van der Waals surface area contributed by atoms with Crippen LogP contribution in [0.3, 0.4) is 0 Å². The SMILES string of the molecule is CCCCCN1C(=O)C(=O)/C(=C(/O)c2ccc3c(c2)CC(C)O3)C1c1ccccc1F. The van der Waals surface area contributed by atoms with E-state index in [0.717, 1.165) is 24.2 Å². The number of carbonyl (C=O) groups excluding carboxylic acids is 2. The van der Waals surface area contributed by atoms with Crippen molar-refractivity contribution in [1.82, 2.24) is 4.90 Å². The molecule has 4 rings (SSSR count). The zero-order chi connectivity index (χ0) is 22.1. The maximum atomic E-state index is 14.7. The van der Waals surface area contributed by atoms with Crippen LogP contribution < -0.4 is 4.74 Å². The van der Waals surface area contributed by atoms with Crippen LogP contribution in [0.5, 0.6) is 5.75 Å². The van der Waals surface area contributed by atoms with Crippen molar-refractivity contribution in [2.24, 2.45) is 0 Å². The number of halogens is 1. The topological polar surface area (TPSA) is 66.8 Å². The van der Waals surface area contributed by atoms with E-state index >= 15 is 0 Å². The second-order valence-corrected chi connectivity index (χ2v) is 8.18. The number of Topliss-reactive ketones (excluding diaryl/α,β-unsaturated/α-hetero) is 1. The summed E-state index contributed by atoms with van der Waals surface area (Å²) in [6.45, 7) is 4.32. The lowest BCUT2D eigenvalue weighted by Gasteiger charge is -2.25. The Morgan fingerprint density at radius 3 is 2.71 bits per heavy atom. The van der Waals surface area contributed by atoms with Crippen molar-refractivity contribution in [3.8, 4) is 5.75 Å². The van der Waals surface area contributed by atoms with E-state index in [1.807, 2.05) is 13.8 Å². The smallest absolute Gasteiger partial charge is 0.295 e. The molecule has 0 spiro atoms. The number of likely N-dealkylation sites (tertiary alicyclic amines) is 1. The van der Waals surface area contributed by atoms with Gasteiger partial charge in [0.2, 0.25) is 0 Å². The Labute approximate surface area is 181 Å². The summed E-state index contributed by atoms with van der Waals surface area (Å²) < 4.78 is 20.5. The van der Waals surface area contributed by atoms with E-state index in [-0.39, 0.29) is 23.0 Å². The van der Waals surface area contributed by atoms with Gasteiger partial charge in [-0.15, -0.1) is 0 Å². The maximum Gasteiger partial charge on any atom is 0.295 e. The van der Waals surface area contributed by atoms with E-state index in [2.05, 4.69) is 0 Å². The van der Waals surface area contributed by atoms with Gasteiger partial charge < -0.3 is 14.7 Å². The molecule has 2 heterocycles. The Morgan fingerprint density at radius 2 is 1.97 bits per heavy atom. The quantitative estimate of drug-likeness (QED) is 0.315. The molecule has 0 saturated carbocycles. The van der Waals surface area contributed by atoms with Crippen molar-refractivity contribution in [2.75, 3.05) is 6.54 Å². The number of hydrogen-bond donors (Lipinski definition) is 1. The van der Waals surface area contributed by atoms with Crippen molar-refractivity contribution >= 4 is 17.4 Å².